The number of carbonyl (C=O) groups excluding carboxylic acids is 3. The third-order valence-corrected chi connectivity index (χ3v) is 12.8. The van der Waals surface area contributed by atoms with Gasteiger partial charge in [-0.2, -0.15) is 0 Å². The molecule has 0 bridgehead atoms. The Morgan fingerprint density at radius 2 is 0.563 bits per heavy atom. The molecule has 1 atom stereocenters. The second-order valence-electron chi connectivity index (χ2n) is 19.7. The fraction of sp³-hybridized carbons (Fsp3) is 0.708. The second kappa shape index (κ2) is 58.9. The summed E-state index contributed by atoms with van der Waals surface area (Å²) in [5.74, 6) is -0.935. The van der Waals surface area contributed by atoms with E-state index in [1.54, 1.807) is 0 Å². The minimum atomic E-state index is -0.799. The molecule has 0 amide bonds. The van der Waals surface area contributed by atoms with Gasteiger partial charge in [-0.3, -0.25) is 14.4 Å². The number of rotatable bonds is 53. The Morgan fingerprint density at radius 3 is 0.915 bits per heavy atom. The van der Waals surface area contributed by atoms with Crippen molar-refractivity contribution in [2.45, 2.75) is 284 Å². The monoisotopic (exact) mass is 987 g/mol. The predicted octanol–water partition coefficient (Wildman–Crippen LogP) is 20.1. The Bertz CT molecular complexity index is 1410. The molecule has 0 rings (SSSR count). The first kappa shape index (κ1) is 67.3. The van der Waals surface area contributed by atoms with Crippen LogP contribution >= 0.6 is 0 Å². The van der Waals surface area contributed by atoms with Crippen molar-refractivity contribution in [2.75, 3.05) is 13.2 Å². The Hall–Kier alpha value is -3.67. The van der Waals surface area contributed by atoms with Gasteiger partial charge in [-0.15, -0.1) is 0 Å². The highest BCUT2D eigenvalue weighted by molar-refractivity contribution is 5.71. The molecule has 0 aliphatic carbocycles. The molecule has 71 heavy (non-hydrogen) atoms. The van der Waals surface area contributed by atoms with Gasteiger partial charge in [-0.05, 0) is 64.2 Å². The molecule has 6 heteroatoms. The van der Waals surface area contributed by atoms with Crippen molar-refractivity contribution in [3.05, 3.63) is 97.2 Å². The molecule has 0 aromatic carbocycles. The van der Waals surface area contributed by atoms with Gasteiger partial charge in [0.25, 0.3) is 0 Å². The summed E-state index contributed by atoms with van der Waals surface area (Å²) >= 11 is 0. The van der Waals surface area contributed by atoms with E-state index in [1.165, 1.54) is 167 Å². The van der Waals surface area contributed by atoms with Crippen LogP contribution in [0.15, 0.2) is 97.2 Å². The first-order valence-corrected chi connectivity index (χ1v) is 29.8. The molecule has 0 spiro atoms. The number of esters is 3. The van der Waals surface area contributed by atoms with E-state index in [-0.39, 0.29) is 31.1 Å². The van der Waals surface area contributed by atoms with E-state index in [0.717, 1.165) is 70.6 Å². The normalized spacial score (nSPS) is 12.8. The lowest BCUT2D eigenvalue weighted by Crippen LogP contribution is -2.30. The van der Waals surface area contributed by atoms with Crippen molar-refractivity contribution < 1.29 is 28.6 Å². The van der Waals surface area contributed by atoms with E-state index in [1.807, 2.05) is 72.9 Å². The van der Waals surface area contributed by atoms with Crippen molar-refractivity contribution in [1.29, 1.82) is 0 Å². The zero-order valence-electron chi connectivity index (χ0n) is 46.5. The van der Waals surface area contributed by atoms with E-state index in [0.29, 0.717) is 19.3 Å². The van der Waals surface area contributed by atoms with E-state index in [4.69, 9.17) is 14.2 Å². The topological polar surface area (TPSA) is 78.9 Å². The molecule has 0 heterocycles. The Kier molecular flexibility index (Phi) is 55.9. The molecule has 1 unspecified atom stereocenters. The SMILES string of the molecule is CC\C=C/C=C\C=C/C=C\C=C\C=C/C=C\CCCCCC(=O)OCC(COC(=O)CCCCCCCCCCCCCCCCC)OC(=O)CCCCCCCCC/C=C\CCCCCCCCCC. The van der Waals surface area contributed by atoms with Crippen molar-refractivity contribution in [3.63, 3.8) is 0 Å². The molecule has 406 valence electrons. The zero-order chi connectivity index (χ0) is 51.4. The predicted molar refractivity (Wildman–Crippen MR) is 307 cm³/mol. The van der Waals surface area contributed by atoms with Crippen LogP contribution in [0.2, 0.25) is 0 Å². The minimum absolute atomic E-state index is 0.0924. The van der Waals surface area contributed by atoms with E-state index < -0.39 is 6.10 Å². The van der Waals surface area contributed by atoms with Gasteiger partial charge in [0.1, 0.15) is 13.2 Å². The van der Waals surface area contributed by atoms with Crippen LogP contribution in [0.4, 0.5) is 0 Å². The summed E-state index contributed by atoms with van der Waals surface area (Å²) in [5.41, 5.74) is 0. The van der Waals surface area contributed by atoms with Gasteiger partial charge in [-0.1, -0.05) is 291 Å². The quantitative estimate of drug-likeness (QED) is 0.0199. The summed E-state index contributed by atoms with van der Waals surface area (Å²) < 4.78 is 16.9. The molecule has 6 nitrogen and oxygen atoms in total. The van der Waals surface area contributed by atoms with E-state index in [2.05, 4.69) is 45.1 Å². The average Bonchev–Trinajstić information content (AvgIpc) is 3.37. The van der Waals surface area contributed by atoms with Crippen molar-refractivity contribution in [3.8, 4) is 0 Å². The lowest BCUT2D eigenvalue weighted by Gasteiger charge is -2.18. The zero-order valence-corrected chi connectivity index (χ0v) is 46.5. The fourth-order valence-electron chi connectivity index (χ4n) is 8.30. The molecule has 0 radical (unpaired) electrons. The number of allylic oxidation sites excluding steroid dienone is 16. The van der Waals surface area contributed by atoms with Gasteiger partial charge in [0.05, 0.1) is 0 Å². The van der Waals surface area contributed by atoms with Crippen LogP contribution in [0.3, 0.4) is 0 Å². The molecule has 0 N–H and O–H groups in total. The third-order valence-electron chi connectivity index (χ3n) is 12.8. The highest BCUT2D eigenvalue weighted by Crippen LogP contribution is 2.16. The number of unbranched alkanes of at least 4 members (excludes halogenated alkanes) is 32. The molecule has 0 saturated carbocycles. The average molecular weight is 988 g/mol. The van der Waals surface area contributed by atoms with Crippen LogP contribution in [0, 0.1) is 0 Å². The molecule has 0 aliphatic rings. The summed E-state index contributed by atoms with van der Waals surface area (Å²) in [6.07, 6.45) is 78.2. The summed E-state index contributed by atoms with van der Waals surface area (Å²) in [5, 5.41) is 0. The van der Waals surface area contributed by atoms with Crippen LogP contribution < -0.4 is 0 Å². The lowest BCUT2D eigenvalue weighted by molar-refractivity contribution is -0.167. The lowest BCUT2D eigenvalue weighted by atomic mass is 10.0. The number of hydrogen-bond acceptors (Lipinski definition) is 6. The summed E-state index contributed by atoms with van der Waals surface area (Å²) in [6.45, 7) is 6.47. The third kappa shape index (κ3) is 57.1. The highest BCUT2D eigenvalue weighted by Gasteiger charge is 2.19. The summed E-state index contributed by atoms with van der Waals surface area (Å²) in [7, 11) is 0. The van der Waals surface area contributed by atoms with Gasteiger partial charge in [0.2, 0.25) is 0 Å². The van der Waals surface area contributed by atoms with Crippen molar-refractivity contribution in [2.24, 2.45) is 0 Å². The summed E-state index contributed by atoms with van der Waals surface area (Å²) in [6, 6.07) is 0. The maximum absolute atomic E-state index is 12.9. The maximum atomic E-state index is 12.9. The smallest absolute Gasteiger partial charge is 0.306 e. The first-order valence-electron chi connectivity index (χ1n) is 29.8. The van der Waals surface area contributed by atoms with Crippen molar-refractivity contribution in [1.82, 2.24) is 0 Å². The molecular formula is C65H110O6. The van der Waals surface area contributed by atoms with Crippen LogP contribution in [-0.4, -0.2) is 37.2 Å². The van der Waals surface area contributed by atoms with E-state index in [9.17, 15) is 14.4 Å². The van der Waals surface area contributed by atoms with E-state index >= 15 is 0 Å². The molecule has 0 aromatic heterocycles. The second-order valence-corrected chi connectivity index (χ2v) is 19.7. The van der Waals surface area contributed by atoms with Gasteiger partial charge < -0.3 is 14.2 Å². The molecule has 0 aromatic rings. The standard InChI is InChI=1S/C65H110O6/c1-4-7-10-13-16-19-22-25-28-30-32-34-37-40-43-46-49-52-55-58-64(67)70-61-62(60-69-63(66)57-54-51-48-45-42-39-36-27-24-21-18-15-12-9-6-3)71-65(68)59-56-53-50-47-44-41-38-35-33-31-29-26-23-20-17-14-11-8-5-2/h7,10,13,16,19,22,25,28,30-34,37,40,43,62H,4-6,8-9,11-12,14-15,17-18,20-21,23-24,26-27,29,35-36,38-39,41-42,44-61H2,1-3H3/b10-7-,16-13-,22-19-,28-25-,32-30+,33-31-,37-34-,43-40-. The Balaban J connectivity index is 4.48. The number of carbonyl (C=O) groups is 3. The molecule has 0 aliphatic heterocycles. The van der Waals surface area contributed by atoms with Crippen LogP contribution in [0.5, 0.6) is 0 Å². The van der Waals surface area contributed by atoms with Crippen LogP contribution in [0.25, 0.3) is 0 Å². The highest BCUT2D eigenvalue weighted by atomic mass is 16.6. The van der Waals surface area contributed by atoms with Crippen LogP contribution in [-0.2, 0) is 28.6 Å². The summed E-state index contributed by atoms with van der Waals surface area (Å²) in [4.78, 5) is 38.2. The van der Waals surface area contributed by atoms with Gasteiger partial charge in [-0.25, -0.2) is 0 Å². The Morgan fingerprint density at radius 1 is 0.296 bits per heavy atom. The maximum Gasteiger partial charge on any atom is 0.306 e. The van der Waals surface area contributed by atoms with Gasteiger partial charge >= 0.3 is 17.9 Å². The van der Waals surface area contributed by atoms with Gasteiger partial charge in [0, 0.05) is 19.3 Å². The first-order chi connectivity index (χ1) is 35.0. The number of hydrogen-bond donors (Lipinski definition) is 0. The Labute approximate surface area is 438 Å². The number of ether oxygens (including phenoxy) is 3. The fourth-order valence-corrected chi connectivity index (χ4v) is 8.30. The van der Waals surface area contributed by atoms with Crippen molar-refractivity contribution >= 4 is 17.9 Å². The van der Waals surface area contributed by atoms with Crippen LogP contribution in [0.1, 0.15) is 278 Å². The molecule has 0 fully saturated rings. The molecule has 0 saturated heterocycles. The van der Waals surface area contributed by atoms with Gasteiger partial charge in [0.15, 0.2) is 6.10 Å². The largest absolute Gasteiger partial charge is 0.462 e. The minimum Gasteiger partial charge on any atom is -0.462 e. The molecular weight excluding hydrogens is 877 g/mol.